The van der Waals surface area contributed by atoms with Gasteiger partial charge in [-0.05, 0) is 38.5 Å². The minimum atomic E-state index is -0.976. The minimum Gasteiger partial charge on any atom is -0.462 e. The zero-order chi connectivity index (χ0) is 16.8. The molecule has 0 saturated heterocycles. The summed E-state index contributed by atoms with van der Waals surface area (Å²) in [6.07, 6.45) is 0.588. The molecule has 0 aromatic heterocycles. The first-order chi connectivity index (χ1) is 10.2. The molecule has 7 heteroatoms. The molecule has 0 aliphatic heterocycles. The molecule has 0 spiro atoms. The lowest BCUT2D eigenvalue weighted by Crippen LogP contribution is -2.32. The van der Waals surface area contributed by atoms with Crippen LogP contribution in [0.5, 0.6) is 0 Å². The predicted molar refractivity (Wildman–Crippen MR) is 79.5 cm³/mol. The van der Waals surface area contributed by atoms with E-state index in [2.05, 4.69) is 10.1 Å². The van der Waals surface area contributed by atoms with Gasteiger partial charge in [-0.1, -0.05) is 12.1 Å². The number of nitrogens with zero attached hydrogens (tertiary/aromatic N) is 1. The highest BCUT2D eigenvalue weighted by Crippen LogP contribution is 2.15. The summed E-state index contributed by atoms with van der Waals surface area (Å²) in [4.78, 5) is 39.0. The molecule has 1 aromatic carbocycles. The van der Waals surface area contributed by atoms with Crippen LogP contribution in [-0.4, -0.2) is 36.1 Å². The van der Waals surface area contributed by atoms with Crippen molar-refractivity contribution in [2.75, 3.05) is 12.4 Å². The highest BCUT2D eigenvalue weighted by Gasteiger charge is 2.17. The summed E-state index contributed by atoms with van der Waals surface area (Å²) in [6, 6.07) is 6.74. The van der Waals surface area contributed by atoms with Crippen LogP contribution in [0.15, 0.2) is 24.3 Å². The number of hydrogen-bond donors (Lipinski definition) is 1. The van der Waals surface area contributed by atoms with Crippen LogP contribution < -0.4 is 5.32 Å². The van der Waals surface area contributed by atoms with E-state index in [4.69, 9.17) is 4.84 Å². The number of ether oxygens (including phenoxy) is 1. The van der Waals surface area contributed by atoms with E-state index in [0.717, 1.165) is 12.7 Å². The third-order valence-electron chi connectivity index (χ3n) is 2.40. The summed E-state index contributed by atoms with van der Waals surface area (Å²) in [5, 5.41) is 3.58. The normalized spacial score (nSPS) is 10.7. The Morgan fingerprint density at radius 3 is 2.55 bits per heavy atom. The quantitative estimate of drug-likeness (QED) is 0.385. The van der Waals surface area contributed by atoms with Crippen LogP contribution >= 0.6 is 0 Å². The van der Waals surface area contributed by atoms with E-state index in [1.54, 1.807) is 24.3 Å². The molecule has 0 saturated carbocycles. The van der Waals surface area contributed by atoms with Gasteiger partial charge in [-0.3, -0.25) is 14.4 Å². The van der Waals surface area contributed by atoms with Gasteiger partial charge in [-0.25, -0.2) is 9.86 Å². The van der Waals surface area contributed by atoms with Crippen LogP contribution in [0.2, 0.25) is 0 Å². The van der Waals surface area contributed by atoms with Gasteiger partial charge in [-0.2, -0.15) is 0 Å². The van der Waals surface area contributed by atoms with Crippen molar-refractivity contribution in [3.63, 3.8) is 0 Å². The van der Waals surface area contributed by atoms with Gasteiger partial charge in [-0.15, -0.1) is 0 Å². The molecule has 0 aliphatic rings. The van der Waals surface area contributed by atoms with Gasteiger partial charge in [0.25, 0.3) is 0 Å². The number of carbonyl (C=O) groups excluding carboxylic acids is 3. The first-order valence-corrected chi connectivity index (χ1v) is 6.64. The molecule has 0 aliphatic carbocycles. The first-order valence-electron chi connectivity index (χ1n) is 6.64. The Kier molecular flexibility index (Phi) is 6.06. The van der Waals surface area contributed by atoms with Crippen LogP contribution in [0.3, 0.4) is 0 Å². The van der Waals surface area contributed by atoms with E-state index in [0.29, 0.717) is 12.1 Å². The molecule has 0 unspecified atom stereocenters. The Bertz CT molecular complexity index is 551. The Balaban J connectivity index is 2.77. The SMILES string of the molecule is COC(=O)C(=O)Nc1cccc(CN(C=O)OC(C)(C)C)c1. The fourth-order valence-electron chi connectivity index (χ4n) is 1.65. The van der Waals surface area contributed by atoms with E-state index >= 15 is 0 Å². The van der Waals surface area contributed by atoms with Gasteiger partial charge >= 0.3 is 11.9 Å². The smallest absolute Gasteiger partial charge is 0.396 e. The van der Waals surface area contributed by atoms with Gasteiger partial charge in [0.05, 0.1) is 19.3 Å². The Morgan fingerprint density at radius 1 is 1.32 bits per heavy atom. The molecule has 1 rings (SSSR count). The van der Waals surface area contributed by atoms with Crippen molar-refractivity contribution < 1.29 is 24.0 Å². The lowest BCUT2D eigenvalue weighted by Gasteiger charge is -2.26. The highest BCUT2D eigenvalue weighted by molar-refractivity contribution is 6.37. The van der Waals surface area contributed by atoms with Gasteiger partial charge < -0.3 is 10.1 Å². The van der Waals surface area contributed by atoms with Crippen molar-refractivity contribution in [1.29, 1.82) is 0 Å². The molecule has 0 heterocycles. The molecule has 0 bridgehead atoms. The van der Waals surface area contributed by atoms with Crippen LogP contribution in [-0.2, 0) is 30.5 Å². The fourth-order valence-corrected chi connectivity index (χ4v) is 1.65. The van der Waals surface area contributed by atoms with Crippen molar-refractivity contribution in [3.8, 4) is 0 Å². The molecule has 22 heavy (non-hydrogen) atoms. The number of rotatable bonds is 5. The Morgan fingerprint density at radius 2 is 2.00 bits per heavy atom. The second kappa shape index (κ2) is 7.56. The van der Waals surface area contributed by atoms with Crippen LogP contribution in [0.25, 0.3) is 0 Å². The van der Waals surface area contributed by atoms with Crippen LogP contribution in [0.4, 0.5) is 5.69 Å². The molecule has 0 atom stereocenters. The number of benzene rings is 1. The maximum absolute atomic E-state index is 11.4. The number of nitrogens with one attached hydrogen (secondary N) is 1. The fraction of sp³-hybridized carbons (Fsp3) is 0.400. The van der Waals surface area contributed by atoms with Crippen molar-refractivity contribution in [2.24, 2.45) is 0 Å². The molecular weight excluding hydrogens is 288 g/mol. The molecule has 7 nitrogen and oxygen atoms in total. The highest BCUT2D eigenvalue weighted by atomic mass is 16.7. The Hall–Kier alpha value is -2.41. The molecule has 1 N–H and O–H groups in total. The van der Waals surface area contributed by atoms with Crippen molar-refractivity contribution in [2.45, 2.75) is 32.9 Å². The first kappa shape index (κ1) is 17.6. The van der Waals surface area contributed by atoms with Crippen molar-refractivity contribution in [3.05, 3.63) is 29.8 Å². The van der Waals surface area contributed by atoms with Crippen molar-refractivity contribution >= 4 is 24.0 Å². The molecule has 0 radical (unpaired) electrons. The third-order valence-corrected chi connectivity index (χ3v) is 2.40. The predicted octanol–water partition coefficient (Wildman–Crippen LogP) is 1.49. The summed E-state index contributed by atoms with van der Waals surface area (Å²) in [5.41, 5.74) is 0.658. The number of methoxy groups -OCH3 is 1. The van der Waals surface area contributed by atoms with E-state index in [1.165, 1.54) is 5.06 Å². The molecule has 1 aromatic rings. The van der Waals surface area contributed by atoms with Gasteiger partial charge in [0.15, 0.2) is 0 Å². The number of hydroxylamine groups is 2. The maximum Gasteiger partial charge on any atom is 0.396 e. The van der Waals surface area contributed by atoms with E-state index in [1.807, 2.05) is 20.8 Å². The number of amides is 2. The standard InChI is InChI=1S/C15H20N2O5/c1-15(2,3)22-17(10-18)9-11-6-5-7-12(8-11)16-13(19)14(20)21-4/h5-8,10H,9H2,1-4H3,(H,16,19). The zero-order valence-corrected chi connectivity index (χ0v) is 13.1. The van der Waals surface area contributed by atoms with E-state index in [9.17, 15) is 14.4 Å². The summed E-state index contributed by atoms with van der Waals surface area (Å²) in [6.45, 7) is 5.70. The van der Waals surface area contributed by atoms with Crippen LogP contribution in [0.1, 0.15) is 26.3 Å². The average molecular weight is 308 g/mol. The van der Waals surface area contributed by atoms with Crippen molar-refractivity contribution in [1.82, 2.24) is 5.06 Å². The summed E-state index contributed by atoms with van der Waals surface area (Å²) in [7, 11) is 1.13. The monoisotopic (exact) mass is 308 g/mol. The second-order valence-corrected chi connectivity index (χ2v) is 5.53. The lowest BCUT2D eigenvalue weighted by molar-refractivity contribution is -0.220. The molecular formula is C15H20N2O5. The lowest BCUT2D eigenvalue weighted by atomic mass is 10.2. The van der Waals surface area contributed by atoms with Gasteiger partial charge in [0.2, 0.25) is 6.41 Å². The number of hydrogen-bond acceptors (Lipinski definition) is 5. The van der Waals surface area contributed by atoms with Gasteiger partial charge in [0, 0.05) is 5.69 Å². The summed E-state index contributed by atoms with van der Waals surface area (Å²) in [5.74, 6) is -1.84. The average Bonchev–Trinajstić information content (AvgIpc) is 2.44. The summed E-state index contributed by atoms with van der Waals surface area (Å²) >= 11 is 0. The Labute approximate surface area is 129 Å². The number of carbonyl (C=O) groups is 3. The molecule has 120 valence electrons. The molecule has 0 fully saturated rings. The largest absolute Gasteiger partial charge is 0.462 e. The zero-order valence-electron chi connectivity index (χ0n) is 13.1. The molecule has 2 amide bonds. The topological polar surface area (TPSA) is 84.9 Å². The third kappa shape index (κ3) is 5.92. The maximum atomic E-state index is 11.4. The van der Waals surface area contributed by atoms with Gasteiger partial charge in [0.1, 0.15) is 0 Å². The minimum absolute atomic E-state index is 0.211. The van der Waals surface area contributed by atoms with Crippen LogP contribution in [0, 0.1) is 0 Å². The summed E-state index contributed by atoms with van der Waals surface area (Å²) < 4.78 is 4.33. The van der Waals surface area contributed by atoms with E-state index in [-0.39, 0.29) is 6.54 Å². The second-order valence-electron chi connectivity index (χ2n) is 5.53. The van der Waals surface area contributed by atoms with E-state index < -0.39 is 17.5 Å². The number of esters is 1. The number of anilines is 1.